The van der Waals surface area contributed by atoms with Crippen molar-refractivity contribution in [3.63, 3.8) is 0 Å². The summed E-state index contributed by atoms with van der Waals surface area (Å²) in [5, 5.41) is 12.7. The van der Waals surface area contributed by atoms with Gasteiger partial charge in [-0.15, -0.1) is 0 Å². The highest BCUT2D eigenvalue weighted by Gasteiger charge is 2.14. The fourth-order valence-corrected chi connectivity index (χ4v) is 3.30. The average molecular weight is 419 g/mol. The SMILES string of the molecule is C=C/C(=C\C=N)CNC(=O)Nc1ccc(NS(=O)(=O)c2ccc(Cl)cc2)cc1. The molecule has 0 spiro atoms. The highest BCUT2D eigenvalue weighted by molar-refractivity contribution is 7.92. The summed E-state index contributed by atoms with van der Waals surface area (Å²) in [5.41, 5.74) is 1.53. The number of urea groups is 1. The van der Waals surface area contributed by atoms with Gasteiger partial charge in [-0.3, -0.25) is 4.72 Å². The fourth-order valence-electron chi connectivity index (χ4n) is 2.11. The highest BCUT2D eigenvalue weighted by atomic mass is 35.5. The van der Waals surface area contributed by atoms with Gasteiger partial charge in [0, 0.05) is 29.2 Å². The van der Waals surface area contributed by atoms with Crippen molar-refractivity contribution in [2.24, 2.45) is 0 Å². The third-order valence-electron chi connectivity index (χ3n) is 3.53. The summed E-state index contributed by atoms with van der Waals surface area (Å²) < 4.78 is 27.1. The molecule has 0 aliphatic heterocycles. The minimum absolute atomic E-state index is 0.0921. The smallest absolute Gasteiger partial charge is 0.319 e. The first kappa shape index (κ1) is 21.2. The van der Waals surface area contributed by atoms with Crippen LogP contribution in [0.5, 0.6) is 0 Å². The number of benzene rings is 2. The Balaban J connectivity index is 1.96. The predicted octanol–water partition coefficient (Wildman–Crippen LogP) is 4.02. The van der Waals surface area contributed by atoms with Crippen LogP contribution in [0.3, 0.4) is 0 Å². The van der Waals surface area contributed by atoms with E-state index in [9.17, 15) is 13.2 Å². The van der Waals surface area contributed by atoms with Crippen molar-refractivity contribution in [1.29, 1.82) is 5.41 Å². The largest absolute Gasteiger partial charge is 0.334 e. The molecule has 0 aromatic heterocycles. The fraction of sp³-hybridized carbons (Fsp3) is 0.0526. The molecule has 2 aromatic rings. The first-order valence-corrected chi connectivity index (χ1v) is 9.95. The van der Waals surface area contributed by atoms with E-state index >= 15 is 0 Å². The van der Waals surface area contributed by atoms with Crippen LogP contribution in [0, 0.1) is 5.41 Å². The number of amides is 2. The zero-order chi connectivity index (χ0) is 20.6. The number of halogens is 1. The van der Waals surface area contributed by atoms with Gasteiger partial charge in [0.25, 0.3) is 10.0 Å². The number of rotatable bonds is 8. The van der Waals surface area contributed by atoms with E-state index in [1.807, 2.05) is 0 Å². The maximum atomic E-state index is 12.3. The van der Waals surface area contributed by atoms with Gasteiger partial charge in [-0.2, -0.15) is 0 Å². The number of carbonyl (C=O) groups is 1. The molecule has 0 atom stereocenters. The Kier molecular flexibility index (Phi) is 7.36. The molecular formula is C19H19ClN4O3S. The molecule has 9 heteroatoms. The number of hydrogen-bond donors (Lipinski definition) is 4. The Hall–Kier alpha value is -3.10. The number of anilines is 2. The van der Waals surface area contributed by atoms with Gasteiger partial charge >= 0.3 is 6.03 Å². The van der Waals surface area contributed by atoms with Crippen molar-refractivity contribution < 1.29 is 13.2 Å². The molecule has 0 unspecified atom stereocenters. The van der Waals surface area contributed by atoms with Crippen LogP contribution >= 0.6 is 11.6 Å². The third-order valence-corrected chi connectivity index (χ3v) is 5.18. The standard InChI is InChI=1S/C19H19ClN4O3S/c1-2-14(11-12-21)13-22-19(25)23-16-5-7-17(8-6-16)24-28(26,27)18-9-3-15(20)4-10-18/h2-12,21,24H,1,13H2,(H2,22,23,25)/b14-11+,21-12?. The van der Waals surface area contributed by atoms with Gasteiger partial charge < -0.3 is 16.0 Å². The Morgan fingerprint density at radius 2 is 1.68 bits per heavy atom. The summed E-state index contributed by atoms with van der Waals surface area (Å²) in [6.07, 6.45) is 4.18. The number of allylic oxidation sites excluding steroid dienone is 1. The molecule has 146 valence electrons. The summed E-state index contributed by atoms with van der Waals surface area (Å²) in [6, 6.07) is 11.6. The van der Waals surface area contributed by atoms with E-state index in [0.717, 1.165) is 6.21 Å². The highest BCUT2D eigenvalue weighted by Crippen LogP contribution is 2.19. The minimum Gasteiger partial charge on any atom is -0.334 e. The van der Waals surface area contributed by atoms with E-state index < -0.39 is 16.1 Å². The molecule has 0 bridgehead atoms. The second-order valence-electron chi connectivity index (χ2n) is 5.56. The summed E-state index contributed by atoms with van der Waals surface area (Å²) in [6.45, 7) is 3.83. The van der Waals surface area contributed by atoms with Crippen molar-refractivity contribution in [3.8, 4) is 0 Å². The summed E-state index contributed by atoms with van der Waals surface area (Å²) >= 11 is 5.77. The molecule has 28 heavy (non-hydrogen) atoms. The quantitative estimate of drug-likeness (QED) is 0.383. The molecule has 0 radical (unpaired) electrons. The van der Waals surface area contributed by atoms with Crippen LogP contribution in [0.1, 0.15) is 0 Å². The van der Waals surface area contributed by atoms with Crippen LogP contribution in [-0.2, 0) is 10.0 Å². The second-order valence-corrected chi connectivity index (χ2v) is 7.68. The van der Waals surface area contributed by atoms with Crippen molar-refractivity contribution in [3.05, 3.63) is 77.9 Å². The van der Waals surface area contributed by atoms with Gasteiger partial charge in [-0.05, 0) is 60.2 Å². The van der Waals surface area contributed by atoms with Gasteiger partial charge in [0.05, 0.1) is 4.90 Å². The molecule has 0 aliphatic carbocycles. The molecule has 2 rings (SSSR count). The number of nitrogens with one attached hydrogen (secondary N) is 4. The van der Waals surface area contributed by atoms with Gasteiger partial charge in [0.1, 0.15) is 0 Å². The lowest BCUT2D eigenvalue weighted by Gasteiger charge is -2.10. The predicted molar refractivity (Wildman–Crippen MR) is 113 cm³/mol. The molecule has 0 fully saturated rings. The molecule has 4 N–H and O–H groups in total. The lowest BCUT2D eigenvalue weighted by Crippen LogP contribution is -2.30. The van der Waals surface area contributed by atoms with Gasteiger partial charge in [-0.25, -0.2) is 13.2 Å². The molecule has 0 saturated carbocycles. The van der Waals surface area contributed by atoms with Crippen molar-refractivity contribution >= 4 is 45.2 Å². The first-order valence-electron chi connectivity index (χ1n) is 8.09. The van der Waals surface area contributed by atoms with Crippen molar-refractivity contribution in [1.82, 2.24) is 5.32 Å². The van der Waals surface area contributed by atoms with Gasteiger partial charge in [0.15, 0.2) is 0 Å². The van der Waals surface area contributed by atoms with Gasteiger partial charge in [-0.1, -0.05) is 24.3 Å². The van der Waals surface area contributed by atoms with Crippen molar-refractivity contribution in [2.45, 2.75) is 4.90 Å². The Morgan fingerprint density at radius 3 is 2.25 bits per heavy atom. The average Bonchev–Trinajstić information content (AvgIpc) is 2.67. The van der Waals surface area contributed by atoms with E-state index in [1.54, 1.807) is 18.2 Å². The van der Waals surface area contributed by atoms with Crippen LogP contribution in [0.15, 0.2) is 77.7 Å². The van der Waals surface area contributed by atoms with E-state index in [2.05, 4.69) is 21.9 Å². The summed E-state index contributed by atoms with van der Waals surface area (Å²) in [4.78, 5) is 12.0. The maximum absolute atomic E-state index is 12.3. The molecule has 0 aliphatic rings. The zero-order valence-electron chi connectivity index (χ0n) is 14.8. The first-order chi connectivity index (χ1) is 13.3. The van der Waals surface area contributed by atoms with Crippen LogP contribution < -0.4 is 15.4 Å². The molecule has 2 aromatic carbocycles. The van der Waals surface area contributed by atoms with E-state index in [1.165, 1.54) is 42.5 Å². The van der Waals surface area contributed by atoms with E-state index in [-0.39, 0.29) is 11.4 Å². The van der Waals surface area contributed by atoms with Crippen LogP contribution in [0.25, 0.3) is 0 Å². The van der Waals surface area contributed by atoms with E-state index in [0.29, 0.717) is 22.0 Å². The Morgan fingerprint density at radius 1 is 1.07 bits per heavy atom. The number of sulfonamides is 1. The van der Waals surface area contributed by atoms with Crippen LogP contribution in [0.4, 0.5) is 16.2 Å². The molecule has 0 heterocycles. The maximum Gasteiger partial charge on any atom is 0.319 e. The molecule has 2 amide bonds. The number of carbonyl (C=O) groups excluding carboxylic acids is 1. The van der Waals surface area contributed by atoms with Crippen molar-refractivity contribution in [2.75, 3.05) is 16.6 Å². The van der Waals surface area contributed by atoms with Gasteiger partial charge in [0.2, 0.25) is 0 Å². The molecule has 0 saturated heterocycles. The van der Waals surface area contributed by atoms with Crippen LogP contribution in [-0.4, -0.2) is 27.2 Å². The third kappa shape index (κ3) is 6.26. The van der Waals surface area contributed by atoms with Crippen LogP contribution in [0.2, 0.25) is 5.02 Å². The van der Waals surface area contributed by atoms with E-state index in [4.69, 9.17) is 17.0 Å². The lowest BCUT2D eigenvalue weighted by molar-refractivity contribution is 0.253. The normalized spacial score (nSPS) is 11.4. The molecule has 7 nitrogen and oxygen atoms in total. The zero-order valence-corrected chi connectivity index (χ0v) is 16.3. The number of hydrogen-bond acceptors (Lipinski definition) is 4. The Labute approximate surface area is 168 Å². The second kappa shape index (κ2) is 9.72. The lowest BCUT2D eigenvalue weighted by atomic mass is 10.2. The topological polar surface area (TPSA) is 111 Å². The summed E-state index contributed by atoms with van der Waals surface area (Å²) in [5.74, 6) is 0. The monoisotopic (exact) mass is 418 g/mol. The minimum atomic E-state index is -3.73. The molecular weight excluding hydrogens is 400 g/mol. The Bertz CT molecular complexity index is 985. The summed E-state index contributed by atoms with van der Waals surface area (Å²) in [7, 11) is -3.73.